The number of ether oxygens (including phenoxy) is 1. The minimum atomic E-state index is -1.02. The molecule has 0 aromatic heterocycles. The largest absolute Gasteiger partial charge is 0.507 e. The second-order valence-corrected chi connectivity index (χ2v) is 4.75. The molecule has 2 unspecified atom stereocenters. The summed E-state index contributed by atoms with van der Waals surface area (Å²) in [6.07, 6.45) is 0.250. The number of aromatic hydroxyl groups is 1. The van der Waals surface area contributed by atoms with E-state index in [0.717, 1.165) is 0 Å². The van der Waals surface area contributed by atoms with E-state index in [-0.39, 0.29) is 41.6 Å². The molecular weight excluding hydrogens is 248 g/mol. The van der Waals surface area contributed by atoms with Crippen LogP contribution in [0.4, 0.5) is 0 Å². The van der Waals surface area contributed by atoms with E-state index in [9.17, 15) is 19.8 Å². The van der Waals surface area contributed by atoms with Gasteiger partial charge in [-0.2, -0.15) is 0 Å². The molecule has 2 rings (SSSR count). The summed E-state index contributed by atoms with van der Waals surface area (Å²) in [4.78, 5) is 23.1. The van der Waals surface area contributed by atoms with Gasteiger partial charge >= 0.3 is 5.97 Å². The molecule has 0 fully saturated rings. The normalized spacial score (nSPS) is 21.4. The van der Waals surface area contributed by atoms with Crippen LogP contribution in [0.3, 0.4) is 0 Å². The van der Waals surface area contributed by atoms with Gasteiger partial charge in [-0.05, 0) is 12.1 Å². The Labute approximate surface area is 110 Å². The fourth-order valence-electron chi connectivity index (χ4n) is 2.40. The number of hydrogen-bond donors (Lipinski definition) is 2. The average molecular weight is 264 g/mol. The van der Waals surface area contributed by atoms with Crippen LogP contribution in [-0.4, -0.2) is 28.6 Å². The van der Waals surface area contributed by atoms with E-state index in [2.05, 4.69) is 0 Å². The van der Waals surface area contributed by atoms with Crippen molar-refractivity contribution in [3.63, 3.8) is 0 Å². The molecule has 19 heavy (non-hydrogen) atoms. The van der Waals surface area contributed by atoms with Gasteiger partial charge in [-0.25, -0.2) is 0 Å². The Kier molecular flexibility index (Phi) is 3.46. The first-order valence-corrected chi connectivity index (χ1v) is 6.22. The zero-order valence-electron chi connectivity index (χ0n) is 10.8. The summed E-state index contributed by atoms with van der Waals surface area (Å²) in [6, 6.07) is 3.04. The van der Waals surface area contributed by atoms with Crippen molar-refractivity contribution in [2.24, 2.45) is 5.92 Å². The van der Waals surface area contributed by atoms with Gasteiger partial charge in [-0.3, -0.25) is 9.59 Å². The topological polar surface area (TPSA) is 83.8 Å². The maximum atomic E-state index is 11.7. The second kappa shape index (κ2) is 4.91. The van der Waals surface area contributed by atoms with E-state index >= 15 is 0 Å². The highest BCUT2D eigenvalue weighted by atomic mass is 16.5. The van der Waals surface area contributed by atoms with E-state index in [0.29, 0.717) is 5.75 Å². The van der Waals surface area contributed by atoms with Crippen molar-refractivity contribution in [3.8, 4) is 11.5 Å². The van der Waals surface area contributed by atoms with Crippen LogP contribution >= 0.6 is 0 Å². The van der Waals surface area contributed by atoms with Gasteiger partial charge in [0.2, 0.25) is 0 Å². The van der Waals surface area contributed by atoms with Gasteiger partial charge in [0.05, 0.1) is 23.7 Å². The number of hydrogen-bond acceptors (Lipinski definition) is 4. The van der Waals surface area contributed by atoms with Crippen LogP contribution < -0.4 is 4.74 Å². The minimum absolute atomic E-state index is 0.158. The van der Waals surface area contributed by atoms with Crippen molar-refractivity contribution >= 4 is 11.8 Å². The van der Waals surface area contributed by atoms with Crippen LogP contribution in [0.25, 0.3) is 0 Å². The molecule has 102 valence electrons. The SMILES string of the molecule is CCC(=O)c1ccc2c(c1O)C(C(=O)O)C(C)CO2. The Hall–Kier alpha value is -2.04. The first kappa shape index (κ1) is 13.4. The number of benzene rings is 1. The van der Waals surface area contributed by atoms with Gasteiger partial charge in [0, 0.05) is 12.3 Å². The van der Waals surface area contributed by atoms with Crippen molar-refractivity contribution in [1.82, 2.24) is 0 Å². The summed E-state index contributed by atoms with van der Waals surface area (Å²) in [5.41, 5.74) is 0.371. The molecule has 1 aliphatic heterocycles. The van der Waals surface area contributed by atoms with Crippen molar-refractivity contribution in [2.75, 3.05) is 6.61 Å². The number of phenolic OH excluding ortho intramolecular Hbond substituents is 1. The fraction of sp³-hybridized carbons (Fsp3) is 0.429. The second-order valence-electron chi connectivity index (χ2n) is 4.75. The number of carboxylic acids is 1. The molecule has 0 saturated carbocycles. The first-order valence-electron chi connectivity index (χ1n) is 6.22. The highest BCUT2D eigenvalue weighted by Gasteiger charge is 2.37. The maximum absolute atomic E-state index is 11.7. The summed E-state index contributed by atoms with van der Waals surface area (Å²) in [5.74, 6) is -2.27. The lowest BCUT2D eigenvalue weighted by Crippen LogP contribution is -2.29. The molecule has 5 heteroatoms. The Morgan fingerprint density at radius 1 is 1.42 bits per heavy atom. The highest BCUT2D eigenvalue weighted by molar-refractivity contribution is 5.99. The van der Waals surface area contributed by atoms with Gasteiger partial charge in [0.25, 0.3) is 0 Å². The quantitative estimate of drug-likeness (QED) is 0.817. The standard InChI is InChI=1S/C14H16O5/c1-3-9(15)8-4-5-10-12(13(8)16)11(14(17)18)7(2)6-19-10/h4-5,7,11,16H,3,6H2,1-2H3,(H,17,18). The molecule has 0 bridgehead atoms. The number of fused-ring (bicyclic) bond motifs is 1. The monoisotopic (exact) mass is 264 g/mol. The molecule has 2 N–H and O–H groups in total. The van der Waals surface area contributed by atoms with Crippen molar-refractivity contribution in [2.45, 2.75) is 26.2 Å². The molecule has 1 aromatic carbocycles. The minimum Gasteiger partial charge on any atom is -0.507 e. The van der Waals surface area contributed by atoms with E-state index < -0.39 is 11.9 Å². The van der Waals surface area contributed by atoms with Crippen LogP contribution in [0.1, 0.15) is 42.1 Å². The smallest absolute Gasteiger partial charge is 0.311 e. The number of ketones is 1. The molecular formula is C14H16O5. The summed E-state index contributed by atoms with van der Waals surface area (Å²) in [7, 11) is 0. The lowest BCUT2D eigenvalue weighted by molar-refractivity contribution is -0.140. The predicted molar refractivity (Wildman–Crippen MR) is 67.8 cm³/mol. The number of Topliss-reactive ketones (excluding diaryl/α,β-unsaturated/α-hetero) is 1. The number of carbonyl (C=O) groups excluding carboxylic acids is 1. The maximum Gasteiger partial charge on any atom is 0.311 e. The molecule has 1 aliphatic rings. The third-order valence-corrected chi connectivity index (χ3v) is 3.45. The lowest BCUT2D eigenvalue weighted by Gasteiger charge is -2.29. The number of rotatable bonds is 3. The van der Waals surface area contributed by atoms with Gasteiger partial charge < -0.3 is 14.9 Å². The van der Waals surface area contributed by atoms with Gasteiger partial charge in [0.1, 0.15) is 11.5 Å². The molecule has 0 saturated heterocycles. The Bertz CT molecular complexity index is 535. The molecule has 1 heterocycles. The van der Waals surface area contributed by atoms with E-state index in [1.54, 1.807) is 19.9 Å². The fourth-order valence-corrected chi connectivity index (χ4v) is 2.40. The molecule has 0 aliphatic carbocycles. The number of phenols is 1. The number of carboxylic acid groups (broad SMARTS) is 1. The van der Waals surface area contributed by atoms with E-state index in [1.165, 1.54) is 6.07 Å². The zero-order valence-corrected chi connectivity index (χ0v) is 10.8. The van der Waals surface area contributed by atoms with Gasteiger partial charge in [-0.15, -0.1) is 0 Å². The van der Waals surface area contributed by atoms with Gasteiger partial charge in [0.15, 0.2) is 5.78 Å². The van der Waals surface area contributed by atoms with Crippen LogP contribution in [0.5, 0.6) is 11.5 Å². The van der Waals surface area contributed by atoms with E-state index in [1.807, 2.05) is 0 Å². The summed E-state index contributed by atoms with van der Waals surface area (Å²) >= 11 is 0. The predicted octanol–water partition coefficient (Wildman–Crippen LogP) is 2.18. The van der Waals surface area contributed by atoms with Crippen LogP contribution in [0, 0.1) is 5.92 Å². The molecule has 1 aromatic rings. The van der Waals surface area contributed by atoms with Gasteiger partial charge in [-0.1, -0.05) is 13.8 Å². The van der Waals surface area contributed by atoms with E-state index in [4.69, 9.17) is 4.74 Å². The molecule has 5 nitrogen and oxygen atoms in total. The Morgan fingerprint density at radius 3 is 2.68 bits per heavy atom. The third-order valence-electron chi connectivity index (χ3n) is 3.45. The Morgan fingerprint density at radius 2 is 2.11 bits per heavy atom. The summed E-state index contributed by atoms with van der Waals surface area (Å²) in [6.45, 7) is 3.72. The van der Waals surface area contributed by atoms with Crippen LogP contribution in [0.2, 0.25) is 0 Å². The Balaban J connectivity index is 2.61. The third kappa shape index (κ3) is 2.16. The van der Waals surface area contributed by atoms with Crippen molar-refractivity contribution in [3.05, 3.63) is 23.3 Å². The van der Waals surface area contributed by atoms with Crippen LogP contribution in [0.15, 0.2) is 12.1 Å². The molecule has 0 radical (unpaired) electrons. The highest BCUT2D eigenvalue weighted by Crippen LogP contribution is 2.44. The average Bonchev–Trinajstić information content (AvgIpc) is 2.38. The summed E-state index contributed by atoms with van der Waals surface area (Å²) < 4.78 is 5.43. The first-order chi connectivity index (χ1) is 8.97. The molecule has 2 atom stereocenters. The van der Waals surface area contributed by atoms with Crippen molar-refractivity contribution < 1.29 is 24.5 Å². The lowest BCUT2D eigenvalue weighted by atomic mass is 9.83. The molecule has 0 spiro atoms. The van der Waals surface area contributed by atoms with Crippen molar-refractivity contribution in [1.29, 1.82) is 0 Å². The summed E-state index contributed by atoms with van der Waals surface area (Å²) in [5, 5.41) is 19.5. The molecule has 0 amide bonds. The number of carbonyl (C=O) groups is 2. The number of aliphatic carboxylic acids is 1. The zero-order chi connectivity index (χ0) is 14.2. The van der Waals surface area contributed by atoms with Crippen LogP contribution in [-0.2, 0) is 4.79 Å².